The van der Waals surface area contributed by atoms with Crippen LogP contribution in [0.5, 0.6) is 0 Å². The molecule has 2 saturated carbocycles. The van der Waals surface area contributed by atoms with Gasteiger partial charge in [-0.15, -0.1) is 0 Å². The molecule has 2 aliphatic carbocycles. The lowest BCUT2D eigenvalue weighted by Gasteiger charge is -2.38. The molecule has 2 aliphatic rings. The number of hydrogen-bond acceptors (Lipinski definition) is 3. The third kappa shape index (κ3) is 4.11. The van der Waals surface area contributed by atoms with Gasteiger partial charge >= 0.3 is 0 Å². The predicted octanol–water partition coefficient (Wildman–Crippen LogP) is 5.95. The molecule has 0 saturated heterocycles. The minimum atomic E-state index is -2.65. The van der Waals surface area contributed by atoms with Crippen LogP contribution >= 0.6 is 11.6 Å². The average molecular weight is 446 g/mol. The van der Waals surface area contributed by atoms with Crippen molar-refractivity contribution in [3.8, 4) is 0 Å². The average Bonchev–Trinajstić information content (AvgIpc) is 3.27. The fraction of sp³-hybridized carbons (Fsp3) is 0.550. The zero-order valence-corrected chi connectivity index (χ0v) is 17.8. The van der Waals surface area contributed by atoms with Gasteiger partial charge in [0.25, 0.3) is 0 Å². The lowest BCUT2D eigenvalue weighted by molar-refractivity contribution is -0.134. The molecule has 158 valence electrons. The highest BCUT2D eigenvalue weighted by molar-refractivity contribution is 7.85. The Bertz CT molecular complexity index is 960. The standard InChI is InChI=1S/C20H23ClF3N3OS/c1-11-18(29(2)25)27-17(26-11)16(12-3-4-14(22)13(21)9-12)28-15-5-6-20(23,24)10-19(15)7-8-19/h3-4,9,15-16,25H,5-8,10H2,1-2H3,(H,26,27). The Morgan fingerprint density at radius 3 is 2.66 bits per heavy atom. The van der Waals surface area contributed by atoms with E-state index in [1.165, 1.54) is 12.1 Å². The van der Waals surface area contributed by atoms with Crippen LogP contribution in [0.1, 0.15) is 55.3 Å². The van der Waals surface area contributed by atoms with Gasteiger partial charge in [0.2, 0.25) is 5.92 Å². The maximum Gasteiger partial charge on any atom is 0.248 e. The van der Waals surface area contributed by atoms with E-state index in [0.29, 0.717) is 16.4 Å². The van der Waals surface area contributed by atoms with Crippen LogP contribution in [0.15, 0.2) is 23.2 Å². The fourth-order valence-electron chi connectivity index (χ4n) is 4.27. The van der Waals surface area contributed by atoms with E-state index in [4.69, 9.17) is 21.1 Å². The summed E-state index contributed by atoms with van der Waals surface area (Å²) in [5, 5.41) is 0.588. The van der Waals surface area contributed by atoms with Crippen molar-refractivity contribution in [2.45, 2.75) is 62.2 Å². The lowest BCUT2D eigenvalue weighted by Crippen LogP contribution is -2.39. The Balaban J connectivity index is 1.70. The van der Waals surface area contributed by atoms with Gasteiger partial charge in [-0.3, -0.25) is 4.78 Å². The second kappa shape index (κ2) is 7.39. The van der Waals surface area contributed by atoms with Crippen LogP contribution in [0.3, 0.4) is 0 Å². The molecule has 1 aromatic carbocycles. The van der Waals surface area contributed by atoms with Gasteiger partial charge in [-0.05, 0) is 50.1 Å². The first-order valence-electron chi connectivity index (χ1n) is 9.52. The smallest absolute Gasteiger partial charge is 0.248 e. The molecule has 9 heteroatoms. The van der Waals surface area contributed by atoms with Crippen molar-refractivity contribution in [2.75, 3.05) is 6.26 Å². The number of alkyl halides is 2. The number of rotatable bonds is 5. The Kier molecular flexibility index (Phi) is 5.32. The third-order valence-corrected chi connectivity index (χ3v) is 7.17. The first-order chi connectivity index (χ1) is 13.6. The van der Waals surface area contributed by atoms with Gasteiger partial charge < -0.3 is 9.72 Å². The Morgan fingerprint density at radius 2 is 2.07 bits per heavy atom. The molecule has 29 heavy (non-hydrogen) atoms. The highest BCUT2D eigenvalue weighted by Crippen LogP contribution is 2.61. The first kappa shape index (κ1) is 20.9. The zero-order valence-electron chi connectivity index (χ0n) is 16.2. The van der Waals surface area contributed by atoms with Crippen molar-refractivity contribution in [3.05, 3.63) is 46.1 Å². The highest BCUT2D eigenvalue weighted by Gasteiger charge is 2.59. The SMILES string of the molecule is Cc1[nH]c(C(OC2CCC(F)(F)CC23CC3)c2ccc(F)c(Cl)c2)nc1S(C)=N. The normalized spacial score (nSPS) is 24.4. The minimum absolute atomic E-state index is 0.0355. The van der Waals surface area contributed by atoms with E-state index < -0.39 is 34.0 Å². The number of hydrogen-bond donors (Lipinski definition) is 2. The summed E-state index contributed by atoms with van der Waals surface area (Å²) < 4.78 is 56.1. The second-order valence-corrected chi connectivity index (χ2v) is 9.99. The molecule has 4 nitrogen and oxygen atoms in total. The number of benzene rings is 1. The van der Waals surface area contributed by atoms with Crippen LogP contribution in [-0.4, -0.2) is 28.3 Å². The highest BCUT2D eigenvalue weighted by atomic mass is 35.5. The van der Waals surface area contributed by atoms with Crippen molar-refractivity contribution < 1.29 is 17.9 Å². The van der Waals surface area contributed by atoms with Crippen molar-refractivity contribution in [3.63, 3.8) is 0 Å². The van der Waals surface area contributed by atoms with E-state index in [2.05, 4.69) is 9.97 Å². The molecule has 1 heterocycles. The Morgan fingerprint density at radius 1 is 1.34 bits per heavy atom. The molecule has 0 bridgehead atoms. The summed E-state index contributed by atoms with van der Waals surface area (Å²) in [4.78, 5) is 7.74. The molecule has 1 spiro atoms. The quantitative estimate of drug-likeness (QED) is 0.597. The monoisotopic (exact) mass is 445 g/mol. The molecular weight excluding hydrogens is 423 g/mol. The maximum atomic E-state index is 14.0. The third-order valence-electron chi connectivity index (χ3n) is 5.90. The van der Waals surface area contributed by atoms with Crippen molar-refractivity contribution in [1.29, 1.82) is 4.78 Å². The molecule has 0 aliphatic heterocycles. The number of halogens is 4. The first-order valence-corrected chi connectivity index (χ1v) is 11.5. The number of nitrogens with one attached hydrogen (secondary N) is 2. The molecule has 3 atom stereocenters. The van der Waals surface area contributed by atoms with E-state index in [1.807, 2.05) is 6.92 Å². The number of aryl methyl sites for hydroxylation is 1. The van der Waals surface area contributed by atoms with Crippen molar-refractivity contribution in [1.82, 2.24) is 9.97 Å². The van der Waals surface area contributed by atoms with Gasteiger partial charge in [-0.2, -0.15) is 0 Å². The molecule has 4 rings (SSSR count). The second-order valence-electron chi connectivity index (χ2n) is 8.17. The molecule has 0 radical (unpaired) electrons. The van der Waals surface area contributed by atoms with Gasteiger partial charge in [-0.1, -0.05) is 28.4 Å². The van der Waals surface area contributed by atoms with Crippen LogP contribution in [0, 0.1) is 22.9 Å². The molecule has 3 unspecified atom stereocenters. The van der Waals surface area contributed by atoms with E-state index in [0.717, 1.165) is 18.5 Å². The van der Waals surface area contributed by atoms with Gasteiger partial charge in [0, 0.05) is 24.0 Å². The number of H-pyrrole nitrogens is 1. The van der Waals surface area contributed by atoms with Crippen LogP contribution in [-0.2, 0) is 15.4 Å². The maximum absolute atomic E-state index is 14.0. The van der Waals surface area contributed by atoms with Crippen LogP contribution in [0.4, 0.5) is 13.2 Å². The Hall–Kier alpha value is -1.38. The predicted molar refractivity (Wildman–Crippen MR) is 106 cm³/mol. The van der Waals surface area contributed by atoms with Gasteiger partial charge in [-0.25, -0.2) is 18.2 Å². The molecule has 2 N–H and O–H groups in total. The summed E-state index contributed by atoms with van der Waals surface area (Å²) in [6.07, 6.45) is 2.06. The Labute approximate surface area is 175 Å². The van der Waals surface area contributed by atoms with Gasteiger partial charge in [0.15, 0.2) is 0 Å². The minimum Gasteiger partial charge on any atom is -0.362 e. The molecule has 0 amide bonds. The van der Waals surface area contributed by atoms with Crippen LogP contribution < -0.4 is 0 Å². The van der Waals surface area contributed by atoms with Crippen LogP contribution in [0.25, 0.3) is 0 Å². The molecule has 2 fully saturated rings. The topological polar surface area (TPSA) is 61.8 Å². The van der Waals surface area contributed by atoms with E-state index in [9.17, 15) is 13.2 Å². The molecule has 1 aromatic heterocycles. The summed E-state index contributed by atoms with van der Waals surface area (Å²) in [6, 6.07) is 4.33. The number of ether oxygens (including phenoxy) is 1. The molecule has 2 aromatic rings. The number of nitrogens with zero attached hydrogens (tertiary/aromatic N) is 1. The van der Waals surface area contributed by atoms with E-state index in [1.54, 1.807) is 12.3 Å². The zero-order chi connectivity index (χ0) is 21.0. The number of aromatic nitrogens is 2. The summed E-state index contributed by atoms with van der Waals surface area (Å²) in [5.74, 6) is -2.70. The summed E-state index contributed by atoms with van der Waals surface area (Å²) in [5.41, 5.74) is 0.864. The van der Waals surface area contributed by atoms with Crippen LogP contribution in [0.2, 0.25) is 5.02 Å². The number of aromatic amines is 1. The van der Waals surface area contributed by atoms with E-state index in [-0.39, 0.29) is 30.4 Å². The van der Waals surface area contributed by atoms with Crippen molar-refractivity contribution >= 4 is 22.3 Å². The molecular formula is C20H23ClF3N3OS. The lowest BCUT2D eigenvalue weighted by atomic mass is 9.81. The van der Waals surface area contributed by atoms with Gasteiger partial charge in [0.1, 0.15) is 22.8 Å². The fourth-order valence-corrected chi connectivity index (χ4v) is 5.20. The van der Waals surface area contributed by atoms with Crippen molar-refractivity contribution in [2.24, 2.45) is 5.41 Å². The van der Waals surface area contributed by atoms with Gasteiger partial charge in [0.05, 0.1) is 11.1 Å². The summed E-state index contributed by atoms with van der Waals surface area (Å²) in [7, 11) is -0.804. The number of imidazole rings is 1. The summed E-state index contributed by atoms with van der Waals surface area (Å²) in [6.45, 7) is 1.84. The summed E-state index contributed by atoms with van der Waals surface area (Å²) >= 11 is 5.99. The largest absolute Gasteiger partial charge is 0.362 e. The van der Waals surface area contributed by atoms with E-state index >= 15 is 0 Å².